The van der Waals surface area contributed by atoms with E-state index in [1.165, 1.54) is 18.3 Å². The Kier molecular flexibility index (Phi) is 5.04. The van der Waals surface area contributed by atoms with E-state index in [9.17, 15) is 9.18 Å². The number of rotatable bonds is 5. The van der Waals surface area contributed by atoms with Crippen LogP contribution in [0.3, 0.4) is 0 Å². The van der Waals surface area contributed by atoms with Crippen LogP contribution < -0.4 is 10.6 Å². The summed E-state index contributed by atoms with van der Waals surface area (Å²) < 4.78 is 12.9. The van der Waals surface area contributed by atoms with Crippen molar-refractivity contribution in [1.29, 1.82) is 0 Å². The fraction of sp³-hybridized carbons (Fsp3) is 0.100. The highest BCUT2D eigenvalue weighted by Gasteiger charge is 2.07. The molecule has 0 aliphatic carbocycles. The lowest BCUT2D eigenvalue weighted by Gasteiger charge is -2.09. The van der Waals surface area contributed by atoms with Crippen LogP contribution in [0.5, 0.6) is 0 Å². The highest BCUT2D eigenvalue weighted by molar-refractivity contribution is 5.94. The molecule has 0 unspecified atom stereocenters. The predicted octanol–water partition coefficient (Wildman–Crippen LogP) is 4.20. The molecule has 126 valence electrons. The van der Waals surface area contributed by atoms with E-state index in [0.717, 1.165) is 22.5 Å². The summed E-state index contributed by atoms with van der Waals surface area (Å²) >= 11 is 0. The number of benzene rings is 2. The van der Waals surface area contributed by atoms with Crippen LogP contribution in [0.25, 0.3) is 0 Å². The molecule has 0 bridgehead atoms. The maximum atomic E-state index is 12.9. The second kappa shape index (κ2) is 7.57. The lowest BCUT2D eigenvalue weighted by Crippen LogP contribution is -2.23. The Balaban J connectivity index is 1.65. The first-order valence-corrected chi connectivity index (χ1v) is 7.91. The molecule has 1 heterocycles. The zero-order chi connectivity index (χ0) is 17.6. The van der Waals surface area contributed by atoms with Gasteiger partial charge in [-0.05, 0) is 48.4 Å². The lowest BCUT2D eigenvalue weighted by molar-refractivity contribution is 0.0950. The number of hydrogen-bond donors (Lipinski definition) is 2. The minimum Gasteiger partial charge on any atom is -0.354 e. The molecule has 0 fully saturated rings. The number of nitrogens with one attached hydrogen (secondary N) is 2. The Hall–Kier alpha value is -3.21. The number of aryl methyl sites for hydroxylation is 1. The number of aromatic nitrogens is 1. The molecule has 0 saturated carbocycles. The molecule has 3 rings (SSSR count). The molecule has 0 atom stereocenters. The van der Waals surface area contributed by atoms with Crippen LogP contribution in [0, 0.1) is 12.7 Å². The fourth-order valence-electron chi connectivity index (χ4n) is 2.41. The van der Waals surface area contributed by atoms with Gasteiger partial charge in [-0.15, -0.1) is 0 Å². The third kappa shape index (κ3) is 4.64. The van der Waals surface area contributed by atoms with Crippen molar-refractivity contribution < 1.29 is 9.18 Å². The minimum absolute atomic E-state index is 0.232. The van der Waals surface area contributed by atoms with Crippen LogP contribution in [0.4, 0.5) is 15.8 Å². The van der Waals surface area contributed by atoms with Crippen molar-refractivity contribution >= 4 is 17.3 Å². The summed E-state index contributed by atoms with van der Waals surface area (Å²) in [5.41, 5.74) is 4.10. The molecule has 1 aromatic heterocycles. The van der Waals surface area contributed by atoms with Crippen LogP contribution in [0.2, 0.25) is 0 Å². The van der Waals surface area contributed by atoms with Gasteiger partial charge in [0.15, 0.2) is 0 Å². The van der Waals surface area contributed by atoms with Gasteiger partial charge in [-0.2, -0.15) is 0 Å². The molecule has 0 saturated heterocycles. The number of halogens is 1. The molecule has 4 nitrogen and oxygen atoms in total. The monoisotopic (exact) mass is 335 g/mol. The molecule has 2 aromatic carbocycles. The first-order chi connectivity index (χ1) is 12.1. The van der Waals surface area contributed by atoms with Gasteiger partial charge in [-0.3, -0.25) is 9.78 Å². The van der Waals surface area contributed by atoms with Gasteiger partial charge in [0.25, 0.3) is 5.91 Å². The van der Waals surface area contributed by atoms with E-state index in [4.69, 9.17) is 0 Å². The second-order valence-corrected chi connectivity index (χ2v) is 5.77. The molecular weight excluding hydrogens is 317 g/mol. The van der Waals surface area contributed by atoms with Gasteiger partial charge in [-0.1, -0.05) is 24.3 Å². The molecular formula is C20H18FN3O. The average molecular weight is 335 g/mol. The normalized spacial score (nSPS) is 10.3. The zero-order valence-electron chi connectivity index (χ0n) is 13.8. The van der Waals surface area contributed by atoms with E-state index >= 15 is 0 Å². The Morgan fingerprint density at radius 3 is 2.60 bits per heavy atom. The molecule has 0 spiro atoms. The summed E-state index contributed by atoms with van der Waals surface area (Å²) in [4.78, 5) is 16.4. The molecule has 0 radical (unpaired) electrons. The van der Waals surface area contributed by atoms with Crippen molar-refractivity contribution in [2.24, 2.45) is 0 Å². The Bertz CT molecular complexity index is 878. The SMILES string of the molecule is Cc1cccc(Nc2cncc(C(=O)NCc3ccc(F)cc3)c2)c1. The zero-order valence-corrected chi connectivity index (χ0v) is 13.8. The maximum Gasteiger partial charge on any atom is 0.253 e. The van der Waals surface area contributed by atoms with E-state index in [-0.39, 0.29) is 11.7 Å². The highest BCUT2D eigenvalue weighted by Crippen LogP contribution is 2.17. The molecule has 0 aliphatic rings. The van der Waals surface area contributed by atoms with Crippen LogP contribution in [0.1, 0.15) is 21.5 Å². The van der Waals surface area contributed by atoms with Crippen LogP contribution in [-0.2, 0) is 6.54 Å². The fourth-order valence-corrected chi connectivity index (χ4v) is 2.41. The number of carbonyl (C=O) groups excluding carboxylic acids is 1. The van der Waals surface area contributed by atoms with Crippen molar-refractivity contribution in [3.8, 4) is 0 Å². The average Bonchev–Trinajstić information content (AvgIpc) is 2.61. The second-order valence-electron chi connectivity index (χ2n) is 5.77. The summed E-state index contributed by atoms with van der Waals surface area (Å²) in [6.45, 7) is 2.34. The molecule has 3 aromatic rings. The smallest absolute Gasteiger partial charge is 0.253 e. The van der Waals surface area contributed by atoms with Crippen LogP contribution in [0.15, 0.2) is 67.0 Å². The lowest BCUT2D eigenvalue weighted by atomic mass is 10.2. The van der Waals surface area contributed by atoms with E-state index < -0.39 is 0 Å². The highest BCUT2D eigenvalue weighted by atomic mass is 19.1. The van der Waals surface area contributed by atoms with Crippen molar-refractivity contribution in [2.75, 3.05) is 5.32 Å². The first-order valence-electron chi connectivity index (χ1n) is 7.91. The molecule has 2 N–H and O–H groups in total. The Morgan fingerprint density at radius 2 is 1.84 bits per heavy atom. The number of pyridine rings is 1. The Labute approximate surface area is 145 Å². The van der Waals surface area contributed by atoms with Crippen molar-refractivity contribution in [3.05, 3.63) is 89.5 Å². The van der Waals surface area contributed by atoms with E-state index in [0.29, 0.717) is 12.1 Å². The number of nitrogens with zero attached hydrogens (tertiary/aromatic N) is 1. The van der Waals surface area contributed by atoms with Crippen LogP contribution >= 0.6 is 0 Å². The Morgan fingerprint density at radius 1 is 1.04 bits per heavy atom. The van der Waals surface area contributed by atoms with Gasteiger partial charge >= 0.3 is 0 Å². The van der Waals surface area contributed by atoms with Gasteiger partial charge in [0.2, 0.25) is 0 Å². The van der Waals surface area contributed by atoms with E-state index in [1.54, 1.807) is 24.4 Å². The molecule has 25 heavy (non-hydrogen) atoms. The van der Waals surface area contributed by atoms with Gasteiger partial charge in [0.05, 0.1) is 17.4 Å². The third-order valence-electron chi connectivity index (χ3n) is 3.67. The topological polar surface area (TPSA) is 54.0 Å². The standard InChI is InChI=1S/C20H18FN3O/c1-14-3-2-4-18(9-14)24-19-10-16(12-22-13-19)20(25)23-11-15-5-7-17(21)8-6-15/h2-10,12-13,24H,11H2,1H3,(H,23,25). The summed E-state index contributed by atoms with van der Waals surface area (Å²) in [5.74, 6) is -0.529. The van der Waals surface area contributed by atoms with Crippen molar-refractivity contribution in [2.45, 2.75) is 13.5 Å². The number of anilines is 2. The summed E-state index contributed by atoms with van der Waals surface area (Å²) in [6, 6.07) is 15.7. The number of carbonyl (C=O) groups is 1. The number of hydrogen-bond acceptors (Lipinski definition) is 3. The molecule has 1 amide bonds. The van der Waals surface area contributed by atoms with Gasteiger partial charge in [-0.25, -0.2) is 4.39 Å². The van der Waals surface area contributed by atoms with E-state index in [2.05, 4.69) is 15.6 Å². The summed E-state index contributed by atoms with van der Waals surface area (Å²) in [7, 11) is 0. The molecule has 5 heteroatoms. The largest absolute Gasteiger partial charge is 0.354 e. The molecule has 0 aliphatic heterocycles. The van der Waals surface area contributed by atoms with E-state index in [1.807, 2.05) is 31.2 Å². The predicted molar refractivity (Wildman–Crippen MR) is 96.3 cm³/mol. The van der Waals surface area contributed by atoms with Gasteiger partial charge in [0.1, 0.15) is 5.82 Å². The first kappa shape index (κ1) is 16.6. The summed E-state index contributed by atoms with van der Waals surface area (Å²) in [5, 5.41) is 6.04. The number of amides is 1. The van der Waals surface area contributed by atoms with Gasteiger partial charge in [0, 0.05) is 18.4 Å². The van der Waals surface area contributed by atoms with Crippen LogP contribution in [-0.4, -0.2) is 10.9 Å². The third-order valence-corrected chi connectivity index (χ3v) is 3.67. The van der Waals surface area contributed by atoms with Crippen molar-refractivity contribution in [3.63, 3.8) is 0 Å². The summed E-state index contributed by atoms with van der Waals surface area (Å²) in [6.07, 6.45) is 3.18. The maximum absolute atomic E-state index is 12.9. The van der Waals surface area contributed by atoms with Crippen molar-refractivity contribution in [1.82, 2.24) is 10.3 Å². The van der Waals surface area contributed by atoms with Gasteiger partial charge < -0.3 is 10.6 Å². The minimum atomic E-state index is -0.297. The quantitative estimate of drug-likeness (QED) is 0.735.